The van der Waals surface area contributed by atoms with Crippen molar-refractivity contribution in [2.24, 2.45) is 11.3 Å². The molecule has 5 heteroatoms. The molecule has 1 aromatic carbocycles. The highest BCUT2D eigenvalue weighted by Crippen LogP contribution is 2.37. The summed E-state index contributed by atoms with van der Waals surface area (Å²) in [5, 5.41) is 0. The van der Waals surface area contributed by atoms with Gasteiger partial charge in [0.25, 0.3) is 0 Å². The number of carbonyl (C=O) groups excluding carboxylic acids is 2. The molecule has 2 aliphatic rings. The van der Waals surface area contributed by atoms with Crippen molar-refractivity contribution in [3.05, 3.63) is 35.6 Å². The number of hydrogen-bond acceptors (Lipinski definition) is 3. The lowest BCUT2D eigenvalue weighted by atomic mass is 9.74. The Morgan fingerprint density at radius 2 is 1.96 bits per heavy atom. The lowest BCUT2D eigenvalue weighted by molar-refractivity contribution is -0.162. The van der Waals surface area contributed by atoms with Crippen LogP contribution in [0.3, 0.4) is 0 Å². The van der Waals surface area contributed by atoms with E-state index in [1.54, 1.807) is 19.1 Å². The van der Waals surface area contributed by atoms with Gasteiger partial charge in [0.2, 0.25) is 5.91 Å². The minimum Gasteiger partial charge on any atom is -0.466 e. The lowest BCUT2D eigenvalue weighted by Crippen LogP contribution is -2.53. The molecule has 1 aromatic rings. The Morgan fingerprint density at radius 1 is 1.24 bits per heavy atom. The molecule has 1 saturated carbocycles. The van der Waals surface area contributed by atoms with Crippen LogP contribution in [0, 0.1) is 17.2 Å². The lowest BCUT2D eigenvalue weighted by Gasteiger charge is -2.43. The van der Waals surface area contributed by atoms with Crippen LogP contribution in [-0.2, 0) is 20.7 Å². The van der Waals surface area contributed by atoms with Gasteiger partial charge in [-0.15, -0.1) is 0 Å². The van der Waals surface area contributed by atoms with E-state index >= 15 is 0 Å². The molecule has 0 bridgehead atoms. The quantitative estimate of drug-likeness (QED) is 0.768. The molecule has 0 N–H and O–H groups in total. The van der Waals surface area contributed by atoms with Crippen molar-refractivity contribution in [3.63, 3.8) is 0 Å². The Labute approximate surface area is 148 Å². The van der Waals surface area contributed by atoms with Crippen LogP contribution in [-0.4, -0.2) is 36.5 Å². The molecule has 0 unspecified atom stereocenters. The Hall–Kier alpha value is -1.91. The smallest absolute Gasteiger partial charge is 0.314 e. The van der Waals surface area contributed by atoms with E-state index in [-0.39, 0.29) is 23.6 Å². The SMILES string of the molecule is CCOC(=O)[C@@]1(Cc2ccc(F)cc2)CCCN(C(=O)C2CCC2)C1. The van der Waals surface area contributed by atoms with E-state index in [2.05, 4.69) is 0 Å². The summed E-state index contributed by atoms with van der Waals surface area (Å²) < 4.78 is 18.6. The number of rotatable bonds is 5. The minimum absolute atomic E-state index is 0.129. The summed E-state index contributed by atoms with van der Waals surface area (Å²) in [4.78, 5) is 27.3. The van der Waals surface area contributed by atoms with Crippen LogP contribution in [0.2, 0.25) is 0 Å². The van der Waals surface area contributed by atoms with E-state index in [0.29, 0.717) is 32.5 Å². The van der Waals surface area contributed by atoms with Gasteiger partial charge in [0.1, 0.15) is 5.82 Å². The summed E-state index contributed by atoms with van der Waals surface area (Å²) in [6, 6.07) is 6.24. The summed E-state index contributed by atoms with van der Waals surface area (Å²) in [7, 11) is 0. The normalized spacial score (nSPS) is 23.8. The summed E-state index contributed by atoms with van der Waals surface area (Å²) >= 11 is 0. The molecule has 0 aromatic heterocycles. The fraction of sp³-hybridized carbons (Fsp3) is 0.600. The largest absolute Gasteiger partial charge is 0.466 e. The van der Waals surface area contributed by atoms with Gasteiger partial charge in [0.15, 0.2) is 0 Å². The molecule has 25 heavy (non-hydrogen) atoms. The number of halogens is 1. The highest BCUT2D eigenvalue weighted by atomic mass is 19.1. The third-order valence-electron chi connectivity index (χ3n) is 5.51. The van der Waals surface area contributed by atoms with Gasteiger partial charge in [-0.25, -0.2) is 4.39 Å². The second-order valence-corrected chi connectivity index (χ2v) is 7.30. The molecule has 1 atom stereocenters. The predicted octanol–water partition coefficient (Wildman–Crippen LogP) is 3.34. The molecular weight excluding hydrogens is 321 g/mol. The average molecular weight is 347 g/mol. The van der Waals surface area contributed by atoms with Gasteiger partial charge in [0.05, 0.1) is 12.0 Å². The fourth-order valence-electron chi connectivity index (χ4n) is 3.89. The van der Waals surface area contributed by atoms with Crippen LogP contribution < -0.4 is 0 Å². The molecule has 1 aliphatic heterocycles. The van der Waals surface area contributed by atoms with E-state index in [1.165, 1.54) is 12.1 Å². The molecule has 0 spiro atoms. The first-order chi connectivity index (χ1) is 12.0. The van der Waals surface area contributed by atoms with Crippen LogP contribution in [0.4, 0.5) is 4.39 Å². The topological polar surface area (TPSA) is 46.6 Å². The van der Waals surface area contributed by atoms with Gasteiger partial charge in [-0.1, -0.05) is 18.6 Å². The number of ether oxygens (including phenoxy) is 1. The zero-order chi connectivity index (χ0) is 17.9. The van der Waals surface area contributed by atoms with E-state index < -0.39 is 5.41 Å². The monoisotopic (exact) mass is 347 g/mol. The third kappa shape index (κ3) is 3.86. The molecule has 3 rings (SSSR count). The van der Waals surface area contributed by atoms with Crippen molar-refractivity contribution in [1.29, 1.82) is 0 Å². The van der Waals surface area contributed by atoms with Crippen molar-refractivity contribution < 1.29 is 18.7 Å². The van der Waals surface area contributed by atoms with Crippen molar-refractivity contribution >= 4 is 11.9 Å². The van der Waals surface area contributed by atoms with Crippen molar-refractivity contribution in [2.75, 3.05) is 19.7 Å². The van der Waals surface area contributed by atoms with Crippen molar-refractivity contribution in [3.8, 4) is 0 Å². The first kappa shape index (κ1) is 17.9. The molecule has 1 aliphatic carbocycles. The number of carbonyl (C=O) groups is 2. The highest BCUT2D eigenvalue weighted by Gasteiger charge is 2.45. The molecule has 2 fully saturated rings. The van der Waals surface area contributed by atoms with Gasteiger partial charge in [-0.2, -0.15) is 0 Å². The molecule has 1 amide bonds. The number of piperidine rings is 1. The van der Waals surface area contributed by atoms with Crippen molar-refractivity contribution in [1.82, 2.24) is 4.90 Å². The fourth-order valence-corrected chi connectivity index (χ4v) is 3.89. The first-order valence-corrected chi connectivity index (χ1v) is 9.24. The minimum atomic E-state index is -0.731. The Kier molecular flexibility index (Phi) is 5.40. The second-order valence-electron chi connectivity index (χ2n) is 7.30. The maximum Gasteiger partial charge on any atom is 0.314 e. The van der Waals surface area contributed by atoms with Crippen LogP contribution in [0.15, 0.2) is 24.3 Å². The zero-order valence-electron chi connectivity index (χ0n) is 14.8. The number of benzene rings is 1. The first-order valence-electron chi connectivity index (χ1n) is 9.24. The third-order valence-corrected chi connectivity index (χ3v) is 5.51. The van der Waals surface area contributed by atoms with Gasteiger partial charge in [-0.05, 0) is 56.7 Å². The van der Waals surface area contributed by atoms with Gasteiger partial charge in [-0.3, -0.25) is 9.59 Å². The molecule has 136 valence electrons. The van der Waals surface area contributed by atoms with E-state index in [4.69, 9.17) is 4.74 Å². The highest BCUT2D eigenvalue weighted by molar-refractivity contribution is 5.82. The van der Waals surface area contributed by atoms with Crippen LogP contribution in [0.5, 0.6) is 0 Å². The molecule has 4 nitrogen and oxygen atoms in total. The van der Waals surface area contributed by atoms with Gasteiger partial charge in [0, 0.05) is 19.0 Å². The number of esters is 1. The van der Waals surface area contributed by atoms with Crippen LogP contribution in [0.25, 0.3) is 0 Å². The second kappa shape index (κ2) is 7.54. The number of amides is 1. The van der Waals surface area contributed by atoms with E-state index in [9.17, 15) is 14.0 Å². The number of nitrogens with zero attached hydrogens (tertiary/aromatic N) is 1. The summed E-state index contributed by atoms with van der Waals surface area (Å²) in [5.41, 5.74) is 0.165. The molecular formula is C20H26FNO3. The Bertz CT molecular complexity index is 626. The predicted molar refractivity (Wildman–Crippen MR) is 92.3 cm³/mol. The van der Waals surface area contributed by atoms with Crippen molar-refractivity contribution in [2.45, 2.75) is 45.4 Å². The Morgan fingerprint density at radius 3 is 2.56 bits per heavy atom. The molecule has 1 heterocycles. The molecule has 1 saturated heterocycles. The number of hydrogen-bond donors (Lipinski definition) is 0. The standard InChI is InChI=1S/C20H26FNO3/c1-2-25-19(24)20(13-15-7-9-17(21)10-8-15)11-4-12-22(14-20)18(23)16-5-3-6-16/h7-10,16H,2-6,11-14H2,1H3/t20-/m1/s1. The van der Waals surface area contributed by atoms with E-state index in [0.717, 1.165) is 31.2 Å². The maximum atomic E-state index is 13.2. The van der Waals surface area contributed by atoms with Crippen LogP contribution >= 0.6 is 0 Å². The summed E-state index contributed by atoms with van der Waals surface area (Å²) in [6.45, 7) is 3.22. The van der Waals surface area contributed by atoms with Crippen LogP contribution in [0.1, 0.15) is 44.6 Å². The summed E-state index contributed by atoms with van der Waals surface area (Å²) in [6.07, 6.45) is 4.99. The van der Waals surface area contributed by atoms with E-state index in [1.807, 2.05) is 4.90 Å². The average Bonchev–Trinajstić information content (AvgIpc) is 2.56. The maximum absolute atomic E-state index is 13.2. The molecule has 0 radical (unpaired) electrons. The zero-order valence-corrected chi connectivity index (χ0v) is 14.8. The number of likely N-dealkylation sites (tertiary alicyclic amines) is 1. The van der Waals surface area contributed by atoms with Gasteiger partial charge >= 0.3 is 5.97 Å². The Balaban J connectivity index is 1.81. The van der Waals surface area contributed by atoms with Gasteiger partial charge < -0.3 is 9.64 Å². The summed E-state index contributed by atoms with van der Waals surface area (Å²) in [5.74, 6) is -0.229.